The smallest absolute Gasteiger partial charge is 0.242 e. The number of aryl methyl sites for hydroxylation is 2. The highest BCUT2D eigenvalue weighted by Gasteiger charge is 2.20. The van der Waals surface area contributed by atoms with E-state index < -0.39 is 27.8 Å². The molecular formula is C21H22FN5O3S. The van der Waals surface area contributed by atoms with E-state index in [4.69, 9.17) is 0 Å². The number of hydrogen-bond donors (Lipinski definition) is 1. The number of nitrogens with one attached hydrogen (secondary N) is 1. The summed E-state index contributed by atoms with van der Waals surface area (Å²) in [6.07, 6.45) is 0.300. The highest BCUT2D eigenvalue weighted by molar-refractivity contribution is 7.89. The molecule has 0 bridgehead atoms. The molecule has 3 rings (SSSR count). The Morgan fingerprint density at radius 2 is 2.00 bits per heavy atom. The van der Waals surface area contributed by atoms with Crippen LogP contribution in [0.25, 0.3) is 11.0 Å². The summed E-state index contributed by atoms with van der Waals surface area (Å²) in [5, 5.41) is 11.8. The van der Waals surface area contributed by atoms with Crippen molar-refractivity contribution in [3.8, 4) is 6.07 Å². The summed E-state index contributed by atoms with van der Waals surface area (Å²) < 4.78 is 41.5. The molecule has 0 aliphatic rings. The summed E-state index contributed by atoms with van der Waals surface area (Å²) in [5.74, 6) is -0.394. The maximum atomic E-state index is 13.9. The Morgan fingerprint density at radius 3 is 2.65 bits per heavy atom. The lowest BCUT2D eigenvalue weighted by atomic mass is 10.1. The molecule has 2 aromatic carbocycles. The number of benzene rings is 2. The second kappa shape index (κ2) is 8.83. The van der Waals surface area contributed by atoms with Crippen LogP contribution in [0.5, 0.6) is 0 Å². The van der Waals surface area contributed by atoms with Crippen LogP contribution < -0.4 is 5.32 Å². The van der Waals surface area contributed by atoms with Crippen LogP contribution in [-0.2, 0) is 28.3 Å². The third-order valence-electron chi connectivity index (χ3n) is 4.95. The first kappa shape index (κ1) is 22.4. The number of carbonyl (C=O) groups excluding carboxylic acids is 1. The van der Waals surface area contributed by atoms with Crippen LogP contribution in [0.2, 0.25) is 0 Å². The van der Waals surface area contributed by atoms with Crippen molar-refractivity contribution in [2.45, 2.75) is 23.8 Å². The van der Waals surface area contributed by atoms with Crippen LogP contribution in [0, 0.1) is 17.1 Å². The van der Waals surface area contributed by atoms with Gasteiger partial charge in [0.15, 0.2) is 0 Å². The third-order valence-corrected chi connectivity index (χ3v) is 6.76. The van der Waals surface area contributed by atoms with Gasteiger partial charge in [-0.2, -0.15) is 5.26 Å². The summed E-state index contributed by atoms with van der Waals surface area (Å²) in [4.78, 5) is 16.9. The molecule has 0 fully saturated rings. The van der Waals surface area contributed by atoms with Crippen LogP contribution in [0.4, 0.5) is 4.39 Å². The van der Waals surface area contributed by atoms with E-state index >= 15 is 0 Å². The molecule has 0 saturated heterocycles. The van der Waals surface area contributed by atoms with E-state index in [1.165, 1.54) is 44.4 Å². The first-order valence-corrected chi connectivity index (χ1v) is 10.9. The second-order valence-electron chi connectivity index (χ2n) is 7.18. The minimum atomic E-state index is -3.59. The van der Waals surface area contributed by atoms with E-state index in [1.807, 2.05) is 6.07 Å². The van der Waals surface area contributed by atoms with Crippen molar-refractivity contribution in [2.24, 2.45) is 7.05 Å². The van der Waals surface area contributed by atoms with Gasteiger partial charge in [-0.3, -0.25) is 4.79 Å². The zero-order chi connectivity index (χ0) is 22.8. The van der Waals surface area contributed by atoms with Gasteiger partial charge in [0.05, 0.1) is 22.0 Å². The van der Waals surface area contributed by atoms with Gasteiger partial charge in [-0.05, 0) is 24.3 Å². The van der Waals surface area contributed by atoms with Crippen LogP contribution in [0.15, 0.2) is 47.4 Å². The van der Waals surface area contributed by atoms with Gasteiger partial charge in [-0.1, -0.05) is 18.2 Å². The molecule has 0 spiro atoms. The summed E-state index contributed by atoms with van der Waals surface area (Å²) in [6.45, 7) is 0. The number of nitrogens with zero attached hydrogens (tertiary/aromatic N) is 4. The number of carbonyl (C=O) groups is 1. The molecule has 10 heteroatoms. The fraction of sp³-hybridized carbons (Fsp3) is 0.286. The molecule has 1 amide bonds. The molecule has 0 radical (unpaired) electrons. The summed E-state index contributed by atoms with van der Waals surface area (Å²) in [7, 11) is 1.10. The van der Waals surface area contributed by atoms with Crippen molar-refractivity contribution < 1.29 is 17.6 Å². The Bertz CT molecular complexity index is 1280. The molecule has 31 heavy (non-hydrogen) atoms. The highest BCUT2D eigenvalue weighted by Crippen LogP contribution is 2.22. The Labute approximate surface area is 180 Å². The second-order valence-corrected chi connectivity index (χ2v) is 9.33. The number of aromatic nitrogens is 2. The molecule has 3 aromatic rings. The molecule has 1 unspecified atom stereocenters. The predicted molar refractivity (Wildman–Crippen MR) is 113 cm³/mol. The molecule has 0 aliphatic carbocycles. The van der Waals surface area contributed by atoms with Crippen molar-refractivity contribution in [1.29, 1.82) is 5.26 Å². The third kappa shape index (κ3) is 4.57. The van der Waals surface area contributed by atoms with Gasteiger partial charge in [0.2, 0.25) is 15.9 Å². The maximum absolute atomic E-state index is 13.9. The van der Waals surface area contributed by atoms with E-state index in [9.17, 15) is 22.9 Å². The van der Waals surface area contributed by atoms with Gasteiger partial charge >= 0.3 is 0 Å². The minimum Gasteiger partial charge on any atom is -0.337 e. The predicted octanol–water partition coefficient (Wildman–Crippen LogP) is 2.28. The number of hydrogen-bond acceptors (Lipinski definition) is 5. The molecule has 162 valence electrons. The van der Waals surface area contributed by atoms with Crippen LogP contribution in [0.3, 0.4) is 0 Å². The molecule has 0 saturated carbocycles. The Morgan fingerprint density at radius 1 is 1.29 bits per heavy atom. The van der Waals surface area contributed by atoms with E-state index in [2.05, 4.69) is 10.3 Å². The van der Waals surface area contributed by atoms with Gasteiger partial charge in [0.1, 0.15) is 17.7 Å². The topological polar surface area (TPSA) is 108 Å². The summed E-state index contributed by atoms with van der Waals surface area (Å²) >= 11 is 0. The van der Waals surface area contributed by atoms with E-state index in [0.717, 1.165) is 9.82 Å². The number of amides is 1. The number of halogens is 1. The van der Waals surface area contributed by atoms with E-state index in [1.54, 1.807) is 23.7 Å². The van der Waals surface area contributed by atoms with Gasteiger partial charge in [0.25, 0.3) is 0 Å². The standard InChI is InChI=1S/C21H22FN5O3S/c1-26(2)31(29,30)14-8-9-19-17(12-14)24-20(27(19)3)10-11-21(28)25-18(13-23)15-6-4-5-7-16(15)22/h4-9,12,18H,10-11H2,1-3H3,(H,25,28). The lowest BCUT2D eigenvalue weighted by Gasteiger charge is -2.12. The quantitative estimate of drug-likeness (QED) is 0.603. The van der Waals surface area contributed by atoms with Gasteiger partial charge < -0.3 is 9.88 Å². The van der Waals surface area contributed by atoms with Gasteiger partial charge in [-0.15, -0.1) is 0 Å². The molecule has 8 nitrogen and oxygen atoms in total. The lowest BCUT2D eigenvalue weighted by molar-refractivity contribution is -0.121. The van der Waals surface area contributed by atoms with E-state index in [0.29, 0.717) is 11.3 Å². The molecule has 1 aromatic heterocycles. The zero-order valence-corrected chi connectivity index (χ0v) is 18.1. The Hall–Kier alpha value is -3.29. The number of fused-ring (bicyclic) bond motifs is 1. The molecule has 1 N–H and O–H groups in total. The minimum absolute atomic E-state index is 0.0344. The van der Waals surface area contributed by atoms with Crippen molar-refractivity contribution in [3.05, 3.63) is 59.7 Å². The van der Waals surface area contributed by atoms with E-state index in [-0.39, 0.29) is 23.3 Å². The summed E-state index contributed by atoms with van der Waals surface area (Å²) in [5.41, 5.74) is 1.34. The number of nitriles is 1. The fourth-order valence-electron chi connectivity index (χ4n) is 3.17. The first-order valence-electron chi connectivity index (χ1n) is 9.46. The molecule has 0 aliphatic heterocycles. The average molecular weight is 444 g/mol. The maximum Gasteiger partial charge on any atom is 0.242 e. The monoisotopic (exact) mass is 443 g/mol. The van der Waals surface area contributed by atoms with Crippen LogP contribution in [-0.4, -0.2) is 42.3 Å². The Kier molecular flexibility index (Phi) is 6.38. The zero-order valence-electron chi connectivity index (χ0n) is 17.3. The van der Waals surface area contributed by atoms with Crippen LogP contribution in [0.1, 0.15) is 23.9 Å². The SMILES string of the molecule is CN(C)S(=O)(=O)c1ccc2c(c1)nc(CCC(=O)NC(C#N)c1ccccc1F)n2C. The molecule has 1 atom stereocenters. The number of imidazole rings is 1. The van der Waals surface area contributed by atoms with Crippen molar-refractivity contribution in [2.75, 3.05) is 14.1 Å². The number of sulfonamides is 1. The van der Waals surface area contributed by atoms with Crippen molar-refractivity contribution in [3.63, 3.8) is 0 Å². The highest BCUT2D eigenvalue weighted by atomic mass is 32.2. The van der Waals surface area contributed by atoms with Crippen molar-refractivity contribution >= 4 is 27.0 Å². The summed E-state index contributed by atoms with van der Waals surface area (Å²) in [6, 6.07) is 11.3. The Balaban J connectivity index is 1.75. The van der Waals surface area contributed by atoms with Gasteiger partial charge in [0, 0.05) is 39.5 Å². The van der Waals surface area contributed by atoms with Crippen molar-refractivity contribution in [1.82, 2.24) is 19.2 Å². The largest absolute Gasteiger partial charge is 0.337 e. The van der Waals surface area contributed by atoms with Crippen LogP contribution >= 0.6 is 0 Å². The average Bonchev–Trinajstić information content (AvgIpc) is 3.06. The molecule has 1 heterocycles. The fourth-order valence-corrected chi connectivity index (χ4v) is 4.09. The first-order chi connectivity index (χ1) is 14.6. The van der Waals surface area contributed by atoms with Gasteiger partial charge in [-0.25, -0.2) is 22.1 Å². The number of rotatable bonds is 7. The molecular weight excluding hydrogens is 421 g/mol. The normalized spacial score (nSPS) is 12.6. The lowest BCUT2D eigenvalue weighted by Crippen LogP contribution is -2.28.